The lowest BCUT2D eigenvalue weighted by atomic mass is 10.3. The first-order valence-corrected chi connectivity index (χ1v) is 9.23. The highest BCUT2D eigenvalue weighted by molar-refractivity contribution is 14.0. The molecular formula is C20H29IN4O2. The number of ether oxygens (including phenoxy) is 1. The third-order valence-electron chi connectivity index (χ3n) is 4.54. The number of halogens is 1. The average molecular weight is 484 g/mol. The van der Waals surface area contributed by atoms with E-state index in [1.54, 1.807) is 6.26 Å². The van der Waals surface area contributed by atoms with Crippen molar-refractivity contribution in [2.45, 2.75) is 6.42 Å². The smallest absolute Gasteiger partial charge is 0.193 e. The standard InChI is InChI=1S/C20H28N4O2.HI/c1-21-20(22-10-9-19-8-5-16-25-19)24-13-11-23(12-14-24)15-17-26-18-6-3-2-4-7-18;/h2-8,16H,9-15,17H2,1H3,(H,21,22);1H. The first-order valence-electron chi connectivity index (χ1n) is 9.23. The maximum atomic E-state index is 5.79. The van der Waals surface area contributed by atoms with E-state index in [2.05, 4.69) is 20.1 Å². The van der Waals surface area contributed by atoms with Crippen LogP contribution in [-0.4, -0.2) is 68.7 Å². The fourth-order valence-corrected chi connectivity index (χ4v) is 3.08. The zero-order valence-corrected chi connectivity index (χ0v) is 18.2. The van der Waals surface area contributed by atoms with Gasteiger partial charge in [0.25, 0.3) is 0 Å². The van der Waals surface area contributed by atoms with Crippen LogP contribution in [-0.2, 0) is 6.42 Å². The lowest BCUT2D eigenvalue weighted by molar-refractivity contribution is 0.152. The van der Waals surface area contributed by atoms with E-state index in [0.29, 0.717) is 0 Å². The number of hydrogen-bond acceptors (Lipinski definition) is 4. The minimum absolute atomic E-state index is 0. The average Bonchev–Trinajstić information content (AvgIpc) is 3.20. The predicted molar refractivity (Wildman–Crippen MR) is 119 cm³/mol. The predicted octanol–water partition coefficient (Wildman–Crippen LogP) is 2.71. The molecule has 1 fully saturated rings. The molecule has 0 atom stereocenters. The van der Waals surface area contributed by atoms with Crippen molar-refractivity contribution in [3.8, 4) is 5.75 Å². The van der Waals surface area contributed by atoms with Crippen molar-refractivity contribution in [2.24, 2.45) is 4.99 Å². The quantitative estimate of drug-likeness (QED) is 0.372. The highest BCUT2D eigenvalue weighted by Gasteiger charge is 2.19. The molecule has 0 unspecified atom stereocenters. The Balaban J connectivity index is 0.00000261. The van der Waals surface area contributed by atoms with Crippen LogP contribution < -0.4 is 10.1 Å². The number of rotatable bonds is 7. The van der Waals surface area contributed by atoms with Crippen molar-refractivity contribution < 1.29 is 9.15 Å². The number of piperazine rings is 1. The van der Waals surface area contributed by atoms with Crippen LogP contribution in [0.2, 0.25) is 0 Å². The summed E-state index contributed by atoms with van der Waals surface area (Å²) < 4.78 is 11.2. The maximum Gasteiger partial charge on any atom is 0.193 e. The molecule has 2 aromatic rings. The molecule has 0 radical (unpaired) electrons. The monoisotopic (exact) mass is 484 g/mol. The molecule has 1 aliphatic heterocycles. The summed E-state index contributed by atoms with van der Waals surface area (Å²) in [5.74, 6) is 2.90. The summed E-state index contributed by atoms with van der Waals surface area (Å²) in [6.45, 7) is 6.50. The number of furan rings is 1. The Morgan fingerprint density at radius 1 is 1.11 bits per heavy atom. The van der Waals surface area contributed by atoms with E-state index >= 15 is 0 Å². The van der Waals surface area contributed by atoms with E-state index in [4.69, 9.17) is 9.15 Å². The van der Waals surface area contributed by atoms with Crippen LogP contribution in [0.25, 0.3) is 0 Å². The maximum absolute atomic E-state index is 5.79. The summed E-state index contributed by atoms with van der Waals surface area (Å²) in [5.41, 5.74) is 0. The molecule has 1 saturated heterocycles. The van der Waals surface area contributed by atoms with E-state index in [9.17, 15) is 0 Å². The Morgan fingerprint density at radius 3 is 2.56 bits per heavy atom. The van der Waals surface area contributed by atoms with Gasteiger partial charge in [-0.05, 0) is 24.3 Å². The SMILES string of the molecule is CN=C(NCCc1ccco1)N1CCN(CCOc2ccccc2)CC1.I. The van der Waals surface area contributed by atoms with E-state index in [-0.39, 0.29) is 24.0 Å². The Hall–Kier alpha value is -1.74. The summed E-state index contributed by atoms with van der Waals surface area (Å²) in [5, 5.41) is 3.43. The topological polar surface area (TPSA) is 53.2 Å². The zero-order valence-electron chi connectivity index (χ0n) is 15.8. The number of benzene rings is 1. The van der Waals surface area contributed by atoms with Gasteiger partial charge in [-0.15, -0.1) is 24.0 Å². The number of nitrogens with one attached hydrogen (secondary N) is 1. The number of aliphatic imine (C=N–C) groups is 1. The third-order valence-corrected chi connectivity index (χ3v) is 4.54. The molecule has 148 valence electrons. The van der Waals surface area contributed by atoms with Crippen molar-refractivity contribution in [1.29, 1.82) is 0 Å². The summed E-state index contributed by atoms with van der Waals surface area (Å²) in [6.07, 6.45) is 2.58. The van der Waals surface area contributed by atoms with Gasteiger partial charge < -0.3 is 19.4 Å². The van der Waals surface area contributed by atoms with Crippen molar-refractivity contribution in [1.82, 2.24) is 15.1 Å². The van der Waals surface area contributed by atoms with Crippen LogP contribution in [0.1, 0.15) is 5.76 Å². The second kappa shape index (κ2) is 11.9. The summed E-state index contributed by atoms with van der Waals surface area (Å²) in [7, 11) is 1.84. The second-order valence-corrected chi connectivity index (χ2v) is 6.29. The van der Waals surface area contributed by atoms with Gasteiger partial charge in [-0.3, -0.25) is 9.89 Å². The number of para-hydroxylation sites is 1. The Morgan fingerprint density at radius 2 is 1.89 bits per heavy atom. The third kappa shape index (κ3) is 7.06. The van der Waals surface area contributed by atoms with E-state index in [1.807, 2.05) is 49.5 Å². The summed E-state index contributed by atoms with van der Waals surface area (Å²) in [6, 6.07) is 13.9. The van der Waals surface area contributed by atoms with Crippen LogP contribution in [0.15, 0.2) is 58.1 Å². The molecule has 1 aliphatic rings. The van der Waals surface area contributed by atoms with E-state index < -0.39 is 0 Å². The van der Waals surface area contributed by atoms with E-state index in [1.165, 1.54) is 0 Å². The van der Waals surface area contributed by atoms with Gasteiger partial charge in [-0.1, -0.05) is 18.2 Å². The van der Waals surface area contributed by atoms with Gasteiger partial charge >= 0.3 is 0 Å². The zero-order chi connectivity index (χ0) is 18.0. The Kier molecular flexibility index (Phi) is 9.47. The molecule has 2 heterocycles. The van der Waals surface area contributed by atoms with Gasteiger partial charge in [-0.2, -0.15) is 0 Å². The number of nitrogens with zero attached hydrogens (tertiary/aromatic N) is 3. The summed E-state index contributed by atoms with van der Waals surface area (Å²) in [4.78, 5) is 9.17. The molecule has 27 heavy (non-hydrogen) atoms. The minimum atomic E-state index is 0. The normalized spacial score (nSPS) is 15.3. The molecule has 6 nitrogen and oxygen atoms in total. The van der Waals surface area contributed by atoms with Crippen LogP contribution in [0, 0.1) is 0 Å². The fourth-order valence-electron chi connectivity index (χ4n) is 3.08. The molecule has 3 rings (SSSR count). The first-order chi connectivity index (χ1) is 12.8. The van der Waals surface area contributed by atoms with Crippen LogP contribution in [0.5, 0.6) is 5.75 Å². The molecule has 0 amide bonds. The molecule has 1 aromatic heterocycles. The summed E-state index contributed by atoms with van der Waals surface area (Å²) >= 11 is 0. The van der Waals surface area contributed by atoms with Gasteiger partial charge in [0, 0.05) is 52.7 Å². The van der Waals surface area contributed by atoms with Crippen LogP contribution in [0.3, 0.4) is 0 Å². The largest absolute Gasteiger partial charge is 0.492 e. The first kappa shape index (κ1) is 21.6. The molecule has 0 saturated carbocycles. The molecule has 7 heteroatoms. The lowest BCUT2D eigenvalue weighted by Crippen LogP contribution is -2.53. The molecule has 0 aliphatic carbocycles. The van der Waals surface area contributed by atoms with Crippen molar-refractivity contribution in [3.63, 3.8) is 0 Å². The lowest BCUT2D eigenvalue weighted by Gasteiger charge is -2.36. The Bertz CT molecular complexity index is 656. The minimum Gasteiger partial charge on any atom is -0.492 e. The van der Waals surface area contributed by atoms with Gasteiger partial charge in [-0.25, -0.2) is 0 Å². The highest BCUT2D eigenvalue weighted by Crippen LogP contribution is 2.09. The van der Waals surface area contributed by atoms with E-state index in [0.717, 1.165) is 69.8 Å². The van der Waals surface area contributed by atoms with Crippen molar-refractivity contribution in [3.05, 3.63) is 54.5 Å². The number of hydrogen-bond donors (Lipinski definition) is 1. The highest BCUT2D eigenvalue weighted by atomic mass is 127. The molecular weight excluding hydrogens is 455 g/mol. The molecule has 0 bridgehead atoms. The molecule has 0 spiro atoms. The van der Waals surface area contributed by atoms with Gasteiger partial charge in [0.2, 0.25) is 0 Å². The molecule has 1 aromatic carbocycles. The van der Waals surface area contributed by atoms with Gasteiger partial charge in [0.05, 0.1) is 6.26 Å². The van der Waals surface area contributed by atoms with Gasteiger partial charge in [0.15, 0.2) is 5.96 Å². The van der Waals surface area contributed by atoms with Crippen molar-refractivity contribution in [2.75, 3.05) is 52.9 Å². The Labute approximate surface area is 178 Å². The van der Waals surface area contributed by atoms with Crippen LogP contribution >= 0.6 is 24.0 Å². The van der Waals surface area contributed by atoms with Crippen molar-refractivity contribution >= 4 is 29.9 Å². The second-order valence-electron chi connectivity index (χ2n) is 6.29. The fraction of sp³-hybridized carbons (Fsp3) is 0.450. The van der Waals surface area contributed by atoms with Crippen LogP contribution in [0.4, 0.5) is 0 Å². The molecule has 1 N–H and O–H groups in total. The van der Waals surface area contributed by atoms with Gasteiger partial charge in [0.1, 0.15) is 18.1 Å². The number of guanidine groups is 1.